The molecule has 0 aliphatic rings. The summed E-state index contributed by atoms with van der Waals surface area (Å²) in [4.78, 5) is 30.3. The number of rotatable bonds is 5. The van der Waals surface area contributed by atoms with Gasteiger partial charge in [0.15, 0.2) is 0 Å². The first-order valence-corrected chi connectivity index (χ1v) is 8.65. The van der Waals surface area contributed by atoms with E-state index in [1.165, 1.54) is 0 Å². The lowest BCUT2D eigenvalue weighted by molar-refractivity contribution is 0.100. The van der Waals surface area contributed by atoms with Gasteiger partial charge in [-0.15, -0.1) is 11.3 Å². The molecule has 0 saturated carbocycles. The quantitative estimate of drug-likeness (QED) is 0.760. The number of carbonyl (C=O) groups excluding carboxylic acids is 1. The molecule has 130 valence electrons. The summed E-state index contributed by atoms with van der Waals surface area (Å²) in [6.45, 7) is 4.49. The zero-order valence-electron chi connectivity index (χ0n) is 14.3. The number of nitrogens with two attached hydrogens (primary N) is 1. The van der Waals surface area contributed by atoms with Crippen LogP contribution in [0.4, 0.5) is 0 Å². The molecule has 0 fully saturated rings. The average molecular weight is 357 g/mol. The number of hydrogen-bond donors (Lipinski definition) is 1. The highest BCUT2D eigenvalue weighted by Gasteiger charge is 2.20. The number of amides is 1. The van der Waals surface area contributed by atoms with Crippen molar-refractivity contribution in [2.75, 3.05) is 13.7 Å². The Morgan fingerprint density at radius 1 is 1.28 bits per heavy atom. The molecule has 2 aromatic heterocycles. The molecule has 0 atom stereocenters. The second-order valence-electron chi connectivity index (χ2n) is 5.85. The Kier molecular flexibility index (Phi) is 4.69. The van der Waals surface area contributed by atoms with Crippen molar-refractivity contribution in [1.29, 1.82) is 0 Å². The number of nitrogens with zero attached hydrogens (tertiary/aromatic N) is 2. The highest BCUT2D eigenvalue weighted by molar-refractivity contribution is 7.20. The Bertz CT molecular complexity index is 1000. The van der Waals surface area contributed by atoms with Crippen LogP contribution in [0.1, 0.15) is 20.8 Å². The molecule has 0 bridgehead atoms. The summed E-state index contributed by atoms with van der Waals surface area (Å²) in [6, 6.07) is 7.81. The Hall–Kier alpha value is -2.51. The molecule has 0 aliphatic heterocycles. The van der Waals surface area contributed by atoms with E-state index in [-0.39, 0.29) is 5.56 Å². The van der Waals surface area contributed by atoms with Gasteiger partial charge in [0.05, 0.1) is 23.4 Å². The van der Waals surface area contributed by atoms with Crippen LogP contribution in [0.15, 0.2) is 29.1 Å². The zero-order valence-corrected chi connectivity index (χ0v) is 15.1. The summed E-state index contributed by atoms with van der Waals surface area (Å²) >= 11 is 1.16. The maximum Gasteiger partial charge on any atom is 0.262 e. The zero-order chi connectivity index (χ0) is 18.1. The molecule has 2 heterocycles. The molecule has 25 heavy (non-hydrogen) atoms. The summed E-state index contributed by atoms with van der Waals surface area (Å²) in [7, 11) is 1.59. The number of hydrogen-bond acceptors (Lipinski definition) is 5. The van der Waals surface area contributed by atoms with E-state index in [9.17, 15) is 9.59 Å². The van der Waals surface area contributed by atoms with Crippen LogP contribution >= 0.6 is 11.3 Å². The molecule has 2 N–H and O–H groups in total. The smallest absolute Gasteiger partial charge is 0.262 e. The Morgan fingerprint density at radius 2 is 1.96 bits per heavy atom. The summed E-state index contributed by atoms with van der Waals surface area (Å²) in [5, 5.41) is 0.450. The fraction of sp³-hybridized carbons (Fsp3) is 0.278. The van der Waals surface area contributed by atoms with Crippen LogP contribution in [0.25, 0.3) is 21.6 Å². The van der Waals surface area contributed by atoms with Gasteiger partial charge in [0.25, 0.3) is 11.5 Å². The minimum atomic E-state index is -0.541. The molecule has 0 saturated heterocycles. The van der Waals surface area contributed by atoms with Crippen LogP contribution in [0.3, 0.4) is 0 Å². The monoisotopic (exact) mass is 357 g/mol. The van der Waals surface area contributed by atoms with Gasteiger partial charge < -0.3 is 10.5 Å². The average Bonchev–Trinajstić information content (AvgIpc) is 2.92. The highest BCUT2D eigenvalue weighted by atomic mass is 32.1. The van der Waals surface area contributed by atoms with E-state index >= 15 is 0 Å². The van der Waals surface area contributed by atoms with Crippen molar-refractivity contribution < 1.29 is 9.53 Å². The molecule has 3 rings (SSSR count). The number of ether oxygens (including phenoxy) is 1. The van der Waals surface area contributed by atoms with E-state index < -0.39 is 5.91 Å². The first kappa shape index (κ1) is 17.3. The summed E-state index contributed by atoms with van der Waals surface area (Å²) < 4.78 is 6.74. The van der Waals surface area contributed by atoms with Crippen molar-refractivity contribution in [3.8, 4) is 11.4 Å². The summed E-state index contributed by atoms with van der Waals surface area (Å²) in [6.07, 6.45) is 0. The number of carbonyl (C=O) groups is 1. The van der Waals surface area contributed by atoms with Gasteiger partial charge in [-0.2, -0.15) is 0 Å². The maximum absolute atomic E-state index is 13.1. The molecule has 0 radical (unpaired) electrons. The Labute approximate surface area is 148 Å². The highest BCUT2D eigenvalue weighted by Crippen LogP contribution is 2.29. The Balaban J connectivity index is 2.32. The lowest BCUT2D eigenvalue weighted by atomic mass is 10.1. The molecule has 1 aromatic carbocycles. The largest absolute Gasteiger partial charge is 0.383 e. The summed E-state index contributed by atoms with van der Waals surface area (Å²) in [5.41, 5.74) is 7.80. The van der Waals surface area contributed by atoms with Crippen LogP contribution in [-0.4, -0.2) is 29.2 Å². The molecule has 7 heteroatoms. The number of aromatic nitrogens is 2. The lowest BCUT2D eigenvalue weighted by Gasteiger charge is -2.12. The molecular weight excluding hydrogens is 338 g/mol. The molecule has 0 spiro atoms. The van der Waals surface area contributed by atoms with Gasteiger partial charge in [-0.3, -0.25) is 14.2 Å². The van der Waals surface area contributed by atoms with Crippen molar-refractivity contribution in [3.05, 3.63) is 50.6 Å². The standard InChI is InChI=1S/C18H19N3O3S/c1-10-4-6-12(7-5-10)16-20-17-13(11(2)14(25-17)15(19)22)18(23)21(16)8-9-24-3/h4-7H,8-9H2,1-3H3,(H2,19,22). The molecule has 0 unspecified atom stereocenters. The predicted molar refractivity (Wildman–Crippen MR) is 99.2 cm³/mol. The van der Waals surface area contributed by atoms with E-state index in [0.717, 1.165) is 22.5 Å². The van der Waals surface area contributed by atoms with Gasteiger partial charge >= 0.3 is 0 Å². The SMILES string of the molecule is COCCn1c(-c2ccc(C)cc2)nc2sc(C(N)=O)c(C)c2c1=O. The number of aryl methyl sites for hydroxylation is 2. The Morgan fingerprint density at radius 3 is 2.56 bits per heavy atom. The van der Waals surface area contributed by atoms with E-state index in [4.69, 9.17) is 10.5 Å². The van der Waals surface area contributed by atoms with Crippen LogP contribution in [0.2, 0.25) is 0 Å². The third-order valence-corrected chi connectivity index (χ3v) is 5.30. The lowest BCUT2D eigenvalue weighted by Crippen LogP contribution is -2.25. The minimum Gasteiger partial charge on any atom is -0.383 e. The minimum absolute atomic E-state index is 0.182. The van der Waals surface area contributed by atoms with E-state index in [2.05, 4.69) is 4.98 Å². The van der Waals surface area contributed by atoms with Crippen LogP contribution in [0.5, 0.6) is 0 Å². The normalized spacial score (nSPS) is 11.2. The number of fused-ring (bicyclic) bond motifs is 1. The van der Waals surface area contributed by atoms with Gasteiger partial charge in [-0.25, -0.2) is 4.98 Å². The van der Waals surface area contributed by atoms with Gasteiger partial charge in [0, 0.05) is 12.7 Å². The van der Waals surface area contributed by atoms with Crippen molar-refractivity contribution in [1.82, 2.24) is 9.55 Å². The summed E-state index contributed by atoms with van der Waals surface area (Å²) in [5.74, 6) is 0.0204. The van der Waals surface area contributed by atoms with Crippen molar-refractivity contribution in [2.24, 2.45) is 5.73 Å². The second-order valence-corrected chi connectivity index (χ2v) is 6.85. The number of methoxy groups -OCH3 is 1. The van der Waals surface area contributed by atoms with Crippen LogP contribution in [0, 0.1) is 13.8 Å². The van der Waals surface area contributed by atoms with Gasteiger partial charge in [0.1, 0.15) is 10.7 Å². The fourth-order valence-corrected chi connectivity index (χ4v) is 3.79. The molecule has 0 aliphatic carbocycles. The molecule has 3 aromatic rings. The van der Waals surface area contributed by atoms with Crippen LogP contribution < -0.4 is 11.3 Å². The van der Waals surface area contributed by atoms with Crippen molar-refractivity contribution in [3.63, 3.8) is 0 Å². The van der Waals surface area contributed by atoms with E-state index in [0.29, 0.717) is 39.6 Å². The van der Waals surface area contributed by atoms with E-state index in [1.807, 2.05) is 31.2 Å². The van der Waals surface area contributed by atoms with Gasteiger partial charge in [-0.05, 0) is 19.4 Å². The molecule has 1 amide bonds. The van der Waals surface area contributed by atoms with E-state index in [1.54, 1.807) is 18.6 Å². The second kappa shape index (κ2) is 6.78. The third-order valence-electron chi connectivity index (χ3n) is 4.10. The first-order valence-electron chi connectivity index (χ1n) is 7.83. The number of thiophene rings is 1. The molecule has 6 nitrogen and oxygen atoms in total. The topological polar surface area (TPSA) is 87.2 Å². The van der Waals surface area contributed by atoms with Gasteiger partial charge in [-0.1, -0.05) is 29.8 Å². The number of primary amides is 1. The van der Waals surface area contributed by atoms with Crippen molar-refractivity contribution >= 4 is 27.5 Å². The predicted octanol–water partition coefficient (Wildman–Crippen LogP) is 2.49. The first-order chi connectivity index (χ1) is 11.9. The third kappa shape index (κ3) is 3.08. The molecular formula is C18H19N3O3S. The fourth-order valence-electron chi connectivity index (χ4n) is 2.76. The number of benzene rings is 1. The van der Waals surface area contributed by atoms with Crippen LogP contribution in [-0.2, 0) is 11.3 Å². The van der Waals surface area contributed by atoms with Crippen molar-refractivity contribution in [2.45, 2.75) is 20.4 Å². The maximum atomic E-state index is 13.1. The van der Waals surface area contributed by atoms with Gasteiger partial charge in [0.2, 0.25) is 0 Å².